The van der Waals surface area contributed by atoms with Crippen molar-refractivity contribution in [2.45, 2.75) is 19.8 Å². The van der Waals surface area contributed by atoms with Crippen LogP contribution in [-0.4, -0.2) is 9.97 Å². The fraction of sp³-hybridized carbons (Fsp3) is 0.231. The fourth-order valence-electron chi connectivity index (χ4n) is 1.19. The van der Waals surface area contributed by atoms with Crippen molar-refractivity contribution in [3.8, 4) is 0 Å². The van der Waals surface area contributed by atoms with Crippen LogP contribution in [-0.2, 0) is 12.4 Å². The third kappa shape index (κ3) is 6.74. The Hall–Kier alpha value is -1.35. The summed E-state index contributed by atoms with van der Waals surface area (Å²) >= 11 is 7.88. The van der Waals surface area contributed by atoms with Crippen molar-refractivity contribution >= 4 is 27.5 Å². The average Bonchev–Trinajstić information content (AvgIpc) is 2.37. The molecule has 0 bridgehead atoms. The van der Waals surface area contributed by atoms with Gasteiger partial charge in [-0.1, -0.05) is 19.0 Å². The number of nitrogens with zero attached hydrogens (tertiary/aromatic N) is 2. The Labute approximate surface area is 141 Å². The van der Waals surface area contributed by atoms with Gasteiger partial charge in [0.15, 0.2) is 0 Å². The van der Waals surface area contributed by atoms with Crippen LogP contribution in [0.3, 0.4) is 0 Å². The van der Waals surface area contributed by atoms with Gasteiger partial charge < -0.3 is 0 Å². The van der Waals surface area contributed by atoms with E-state index in [9.17, 15) is 26.3 Å². The number of hydrogen-bond donors (Lipinski definition) is 0. The van der Waals surface area contributed by atoms with E-state index in [0.717, 1.165) is 12.1 Å². The van der Waals surface area contributed by atoms with Gasteiger partial charge in [-0.2, -0.15) is 26.3 Å². The summed E-state index contributed by atoms with van der Waals surface area (Å²) in [5.74, 6) is 0. The molecule has 2 rings (SSSR count). The van der Waals surface area contributed by atoms with Gasteiger partial charge in [-0.05, 0) is 40.2 Å². The molecule has 10 heteroatoms. The normalized spacial score (nSPS) is 11.1. The first-order valence-corrected chi connectivity index (χ1v) is 6.56. The first kappa shape index (κ1) is 21.6. The lowest BCUT2D eigenvalue weighted by Crippen LogP contribution is -2.06. The van der Waals surface area contributed by atoms with E-state index in [1.165, 1.54) is 24.5 Å². The van der Waals surface area contributed by atoms with Crippen molar-refractivity contribution < 1.29 is 26.3 Å². The zero-order valence-electron chi connectivity index (χ0n) is 10.4. The average molecular weight is 424 g/mol. The van der Waals surface area contributed by atoms with E-state index in [2.05, 4.69) is 25.9 Å². The first-order valence-electron chi connectivity index (χ1n) is 5.39. The second-order valence-corrected chi connectivity index (χ2v) is 4.79. The van der Waals surface area contributed by atoms with Gasteiger partial charge >= 0.3 is 12.4 Å². The molecule has 0 radical (unpaired) electrons. The molecule has 0 unspecified atom stereocenters. The van der Waals surface area contributed by atoms with Crippen LogP contribution in [0, 0.1) is 0 Å². The molecule has 0 N–H and O–H groups in total. The van der Waals surface area contributed by atoms with Crippen molar-refractivity contribution in [1.29, 1.82) is 0 Å². The van der Waals surface area contributed by atoms with Gasteiger partial charge in [-0.3, -0.25) is 0 Å². The number of halogens is 8. The fourth-order valence-corrected chi connectivity index (χ4v) is 1.90. The van der Waals surface area contributed by atoms with E-state index in [4.69, 9.17) is 11.6 Å². The van der Waals surface area contributed by atoms with E-state index in [-0.39, 0.29) is 12.0 Å². The maximum Gasteiger partial charge on any atom is 0.419 e. The summed E-state index contributed by atoms with van der Waals surface area (Å²) in [6, 6.07) is 4.29. The molecule has 2 aromatic heterocycles. The molecule has 2 aromatic rings. The van der Waals surface area contributed by atoms with E-state index in [0.29, 0.717) is 0 Å². The molecule has 128 valence electrons. The molecule has 0 amide bonds. The number of aromatic nitrogens is 2. The zero-order valence-corrected chi connectivity index (χ0v) is 12.7. The number of hydrogen-bond acceptors (Lipinski definition) is 2. The zero-order chi connectivity index (χ0) is 17.0. The Kier molecular flexibility index (Phi) is 7.99. The van der Waals surface area contributed by atoms with Crippen LogP contribution >= 0.6 is 27.5 Å². The molecular weight excluding hydrogens is 414 g/mol. The highest BCUT2D eigenvalue weighted by molar-refractivity contribution is 9.10. The van der Waals surface area contributed by atoms with Crippen LogP contribution in [0.25, 0.3) is 0 Å². The standard InChI is InChI=1S/C6H3BrF3N.C6H3ClF3N.CH4/c2*7-5-4(6(8,9)10)2-1-3-11-5;/h2*1-3H;1H4. The summed E-state index contributed by atoms with van der Waals surface area (Å²) in [6.07, 6.45) is -6.24. The predicted octanol–water partition coefficient (Wildman–Crippen LogP) is 6.25. The Bertz CT molecular complexity index is 575. The molecule has 0 aliphatic rings. The lowest BCUT2D eigenvalue weighted by Gasteiger charge is -2.06. The third-order valence-corrected chi connectivity index (χ3v) is 3.06. The molecule has 0 aliphatic carbocycles. The molecule has 0 atom stereocenters. The number of pyridine rings is 2. The largest absolute Gasteiger partial charge is 0.419 e. The van der Waals surface area contributed by atoms with E-state index < -0.39 is 28.6 Å². The minimum Gasteiger partial charge on any atom is -0.249 e. The van der Waals surface area contributed by atoms with Crippen LogP contribution in [0.2, 0.25) is 5.15 Å². The van der Waals surface area contributed by atoms with Gasteiger partial charge in [0.2, 0.25) is 0 Å². The van der Waals surface area contributed by atoms with Crippen molar-refractivity contribution in [2.75, 3.05) is 0 Å². The Morgan fingerprint density at radius 2 is 1.26 bits per heavy atom. The van der Waals surface area contributed by atoms with Crippen LogP contribution in [0.1, 0.15) is 18.6 Å². The van der Waals surface area contributed by atoms with Crippen LogP contribution in [0.15, 0.2) is 41.3 Å². The molecule has 0 saturated heterocycles. The Morgan fingerprint density at radius 3 is 1.57 bits per heavy atom. The van der Waals surface area contributed by atoms with Crippen molar-refractivity contribution in [3.63, 3.8) is 0 Å². The summed E-state index contributed by atoms with van der Waals surface area (Å²) in [4.78, 5) is 6.73. The van der Waals surface area contributed by atoms with Crippen LogP contribution in [0.5, 0.6) is 0 Å². The second kappa shape index (κ2) is 8.49. The molecule has 2 nitrogen and oxygen atoms in total. The van der Waals surface area contributed by atoms with E-state index in [1.807, 2.05) is 0 Å². The topological polar surface area (TPSA) is 25.8 Å². The van der Waals surface area contributed by atoms with Gasteiger partial charge in [-0.25, -0.2) is 9.97 Å². The monoisotopic (exact) mass is 422 g/mol. The summed E-state index contributed by atoms with van der Waals surface area (Å²) in [6.45, 7) is 0. The van der Waals surface area contributed by atoms with Gasteiger partial charge in [0.1, 0.15) is 9.76 Å². The Balaban J connectivity index is 0.000000403. The van der Waals surface area contributed by atoms with Crippen LogP contribution < -0.4 is 0 Å². The highest BCUT2D eigenvalue weighted by Crippen LogP contribution is 2.33. The van der Waals surface area contributed by atoms with Gasteiger partial charge in [0.25, 0.3) is 0 Å². The summed E-state index contributed by atoms with van der Waals surface area (Å²) in [5.41, 5.74) is -1.65. The lowest BCUT2D eigenvalue weighted by atomic mass is 10.3. The number of alkyl halides is 6. The Morgan fingerprint density at radius 1 is 0.826 bits per heavy atom. The molecular formula is C13H10BrClF6N2. The van der Waals surface area contributed by atoms with Crippen molar-refractivity contribution in [2.24, 2.45) is 0 Å². The maximum absolute atomic E-state index is 12.0. The van der Waals surface area contributed by atoms with Gasteiger partial charge in [-0.15, -0.1) is 0 Å². The van der Waals surface area contributed by atoms with Crippen LogP contribution in [0.4, 0.5) is 26.3 Å². The SMILES string of the molecule is C.FC(F)(F)c1cccnc1Br.FC(F)(F)c1cccnc1Cl. The molecule has 0 aliphatic heterocycles. The molecule has 2 heterocycles. The summed E-state index contributed by atoms with van der Waals surface area (Å²) in [7, 11) is 0. The highest BCUT2D eigenvalue weighted by atomic mass is 79.9. The summed E-state index contributed by atoms with van der Waals surface area (Å²) in [5, 5.41) is -0.514. The van der Waals surface area contributed by atoms with Gasteiger partial charge in [0.05, 0.1) is 11.1 Å². The van der Waals surface area contributed by atoms with E-state index in [1.54, 1.807) is 0 Å². The van der Waals surface area contributed by atoms with E-state index >= 15 is 0 Å². The second-order valence-electron chi connectivity index (χ2n) is 3.68. The summed E-state index contributed by atoms with van der Waals surface area (Å²) < 4.78 is 71.5. The minimum atomic E-state index is -4.41. The van der Waals surface area contributed by atoms with Gasteiger partial charge in [0, 0.05) is 12.4 Å². The molecule has 0 spiro atoms. The maximum atomic E-state index is 12.0. The highest BCUT2D eigenvalue weighted by Gasteiger charge is 2.33. The smallest absolute Gasteiger partial charge is 0.249 e. The predicted molar refractivity (Wildman–Crippen MR) is 77.9 cm³/mol. The third-order valence-electron chi connectivity index (χ3n) is 2.13. The molecule has 0 fully saturated rings. The van der Waals surface area contributed by atoms with Crippen molar-refractivity contribution in [3.05, 3.63) is 57.5 Å². The minimum absolute atomic E-state index is 0. The molecule has 0 saturated carbocycles. The first-order chi connectivity index (χ1) is 10.0. The quantitative estimate of drug-likeness (QED) is 0.370. The molecule has 23 heavy (non-hydrogen) atoms. The lowest BCUT2D eigenvalue weighted by molar-refractivity contribution is -0.139. The molecule has 0 aromatic carbocycles. The van der Waals surface area contributed by atoms with Crippen molar-refractivity contribution in [1.82, 2.24) is 9.97 Å². The number of rotatable bonds is 0.